The first kappa shape index (κ1) is 13.8. The number of aliphatic hydroxyl groups excluding tert-OH is 2. The van der Waals surface area contributed by atoms with Crippen molar-refractivity contribution in [3.63, 3.8) is 0 Å². The molecule has 1 rings (SSSR count). The van der Waals surface area contributed by atoms with Crippen LogP contribution in [0.2, 0.25) is 0 Å². The van der Waals surface area contributed by atoms with E-state index < -0.39 is 12.2 Å². The monoisotopic (exact) mass is 240 g/mol. The second-order valence-corrected chi connectivity index (χ2v) is 3.96. The number of hydrogen-bond donors (Lipinski definition) is 2. The van der Waals surface area contributed by atoms with Crippen LogP contribution in [-0.4, -0.2) is 30.0 Å². The molecule has 0 fully saturated rings. The highest BCUT2D eigenvalue weighted by Gasteiger charge is 2.10. The molecule has 0 amide bonds. The predicted molar refractivity (Wildman–Crippen MR) is 65.4 cm³/mol. The summed E-state index contributed by atoms with van der Waals surface area (Å²) in [7, 11) is 1.55. The second kappa shape index (κ2) is 6.47. The van der Waals surface area contributed by atoms with Crippen molar-refractivity contribution in [2.75, 3.05) is 13.7 Å². The standard InChI is InChI=1S/C13H20O4/c1-4-11(15)8-17-12-6-5-10(9(2)14)7-13(12)16-3/h5-7,9,11,14-15H,4,8H2,1-3H3/t9-,11?/m0/s1. The first-order valence-corrected chi connectivity index (χ1v) is 5.75. The minimum absolute atomic E-state index is 0.237. The lowest BCUT2D eigenvalue weighted by Gasteiger charge is -2.15. The first-order valence-electron chi connectivity index (χ1n) is 5.75. The molecule has 0 aromatic heterocycles. The fourth-order valence-corrected chi connectivity index (χ4v) is 1.37. The van der Waals surface area contributed by atoms with Gasteiger partial charge in [-0.1, -0.05) is 13.0 Å². The van der Waals surface area contributed by atoms with Crippen molar-refractivity contribution in [2.45, 2.75) is 32.5 Å². The van der Waals surface area contributed by atoms with E-state index in [1.807, 2.05) is 6.92 Å². The van der Waals surface area contributed by atoms with Gasteiger partial charge in [0.15, 0.2) is 11.5 Å². The van der Waals surface area contributed by atoms with Gasteiger partial charge < -0.3 is 19.7 Å². The zero-order valence-corrected chi connectivity index (χ0v) is 10.5. The summed E-state index contributed by atoms with van der Waals surface area (Å²) in [4.78, 5) is 0. The van der Waals surface area contributed by atoms with E-state index in [2.05, 4.69) is 0 Å². The lowest BCUT2D eigenvalue weighted by atomic mass is 10.1. The van der Waals surface area contributed by atoms with E-state index in [0.717, 1.165) is 5.56 Å². The number of aliphatic hydroxyl groups is 2. The van der Waals surface area contributed by atoms with Crippen LogP contribution in [0.15, 0.2) is 18.2 Å². The molecule has 0 aliphatic rings. The average molecular weight is 240 g/mol. The molecular formula is C13H20O4. The molecule has 1 aromatic carbocycles. The molecule has 1 aromatic rings. The van der Waals surface area contributed by atoms with Gasteiger partial charge in [0, 0.05) is 0 Å². The minimum atomic E-state index is -0.542. The third-order valence-corrected chi connectivity index (χ3v) is 2.57. The van der Waals surface area contributed by atoms with Gasteiger partial charge in [0.2, 0.25) is 0 Å². The van der Waals surface area contributed by atoms with Gasteiger partial charge in [-0.05, 0) is 31.0 Å². The smallest absolute Gasteiger partial charge is 0.161 e. The van der Waals surface area contributed by atoms with Crippen LogP contribution < -0.4 is 9.47 Å². The summed E-state index contributed by atoms with van der Waals surface area (Å²) >= 11 is 0. The summed E-state index contributed by atoms with van der Waals surface area (Å²) in [6, 6.07) is 5.25. The van der Waals surface area contributed by atoms with Crippen molar-refractivity contribution >= 4 is 0 Å². The maximum Gasteiger partial charge on any atom is 0.161 e. The molecule has 0 bridgehead atoms. The number of methoxy groups -OCH3 is 1. The summed E-state index contributed by atoms with van der Waals surface area (Å²) in [5.41, 5.74) is 0.769. The van der Waals surface area contributed by atoms with Gasteiger partial charge in [0.1, 0.15) is 6.61 Å². The Hall–Kier alpha value is -1.26. The average Bonchev–Trinajstić information content (AvgIpc) is 2.35. The second-order valence-electron chi connectivity index (χ2n) is 3.96. The zero-order chi connectivity index (χ0) is 12.8. The predicted octanol–water partition coefficient (Wildman–Crippen LogP) is 1.90. The zero-order valence-electron chi connectivity index (χ0n) is 10.5. The molecule has 17 heavy (non-hydrogen) atoms. The van der Waals surface area contributed by atoms with E-state index in [1.165, 1.54) is 0 Å². The topological polar surface area (TPSA) is 58.9 Å². The number of hydrogen-bond acceptors (Lipinski definition) is 4. The SMILES string of the molecule is CCC(O)COc1ccc([C@H](C)O)cc1OC. The maximum absolute atomic E-state index is 9.45. The Morgan fingerprint density at radius 2 is 1.94 bits per heavy atom. The quantitative estimate of drug-likeness (QED) is 0.797. The van der Waals surface area contributed by atoms with Crippen LogP contribution in [-0.2, 0) is 0 Å². The highest BCUT2D eigenvalue weighted by Crippen LogP contribution is 2.30. The van der Waals surface area contributed by atoms with E-state index >= 15 is 0 Å². The summed E-state index contributed by atoms with van der Waals surface area (Å²) in [6.07, 6.45) is -0.371. The number of benzene rings is 1. The van der Waals surface area contributed by atoms with E-state index in [0.29, 0.717) is 17.9 Å². The molecule has 0 radical (unpaired) electrons. The van der Waals surface area contributed by atoms with Crippen LogP contribution in [0.1, 0.15) is 31.9 Å². The Labute approximate surface area is 102 Å². The molecule has 96 valence electrons. The van der Waals surface area contributed by atoms with Crippen molar-refractivity contribution in [1.82, 2.24) is 0 Å². The Morgan fingerprint density at radius 3 is 2.47 bits per heavy atom. The molecule has 4 heteroatoms. The molecule has 0 spiro atoms. The van der Waals surface area contributed by atoms with Gasteiger partial charge in [-0.15, -0.1) is 0 Å². The van der Waals surface area contributed by atoms with Crippen LogP contribution in [0.5, 0.6) is 11.5 Å². The Kier molecular flexibility index (Phi) is 5.25. The Bertz CT molecular complexity index is 349. The van der Waals surface area contributed by atoms with Gasteiger partial charge in [0.25, 0.3) is 0 Å². The van der Waals surface area contributed by atoms with Gasteiger partial charge in [0.05, 0.1) is 19.3 Å². The molecule has 0 saturated carbocycles. The van der Waals surface area contributed by atoms with Crippen molar-refractivity contribution in [2.24, 2.45) is 0 Å². The molecule has 1 unspecified atom stereocenters. The first-order chi connectivity index (χ1) is 8.08. The fourth-order valence-electron chi connectivity index (χ4n) is 1.37. The Morgan fingerprint density at radius 1 is 1.24 bits per heavy atom. The largest absolute Gasteiger partial charge is 0.493 e. The van der Waals surface area contributed by atoms with Crippen LogP contribution in [0.4, 0.5) is 0 Å². The van der Waals surface area contributed by atoms with Crippen LogP contribution >= 0.6 is 0 Å². The van der Waals surface area contributed by atoms with Crippen molar-refractivity contribution in [1.29, 1.82) is 0 Å². The van der Waals surface area contributed by atoms with Crippen LogP contribution in [0, 0.1) is 0 Å². The summed E-state index contributed by atoms with van der Waals surface area (Å²) in [5, 5.41) is 18.9. The van der Waals surface area contributed by atoms with Crippen molar-refractivity contribution < 1.29 is 19.7 Å². The normalized spacial score (nSPS) is 14.2. The lowest BCUT2D eigenvalue weighted by molar-refractivity contribution is 0.102. The van der Waals surface area contributed by atoms with Gasteiger partial charge in [-0.25, -0.2) is 0 Å². The molecule has 0 aliphatic heterocycles. The highest BCUT2D eigenvalue weighted by molar-refractivity contribution is 5.43. The highest BCUT2D eigenvalue weighted by atomic mass is 16.5. The Balaban J connectivity index is 2.78. The van der Waals surface area contributed by atoms with E-state index in [4.69, 9.17) is 9.47 Å². The van der Waals surface area contributed by atoms with Gasteiger partial charge in [-0.3, -0.25) is 0 Å². The van der Waals surface area contributed by atoms with Gasteiger partial charge >= 0.3 is 0 Å². The van der Waals surface area contributed by atoms with E-state index in [1.54, 1.807) is 32.2 Å². The molecule has 0 heterocycles. The molecule has 0 saturated heterocycles. The lowest BCUT2D eigenvalue weighted by Crippen LogP contribution is -2.16. The molecule has 0 aliphatic carbocycles. The summed E-state index contributed by atoms with van der Waals surface area (Å²) < 4.78 is 10.6. The number of rotatable bonds is 6. The summed E-state index contributed by atoms with van der Waals surface area (Å²) in [5.74, 6) is 1.14. The van der Waals surface area contributed by atoms with Crippen LogP contribution in [0.25, 0.3) is 0 Å². The number of ether oxygens (including phenoxy) is 2. The van der Waals surface area contributed by atoms with Gasteiger partial charge in [-0.2, -0.15) is 0 Å². The van der Waals surface area contributed by atoms with Crippen molar-refractivity contribution in [3.05, 3.63) is 23.8 Å². The third kappa shape index (κ3) is 3.91. The molecular weight excluding hydrogens is 220 g/mol. The molecule has 2 atom stereocenters. The fraction of sp³-hybridized carbons (Fsp3) is 0.538. The molecule has 4 nitrogen and oxygen atoms in total. The third-order valence-electron chi connectivity index (χ3n) is 2.57. The summed E-state index contributed by atoms with van der Waals surface area (Å²) in [6.45, 7) is 3.82. The van der Waals surface area contributed by atoms with E-state index in [9.17, 15) is 10.2 Å². The molecule has 2 N–H and O–H groups in total. The minimum Gasteiger partial charge on any atom is -0.493 e. The van der Waals surface area contributed by atoms with E-state index in [-0.39, 0.29) is 6.61 Å². The maximum atomic E-state index is 9.45. The van der Waals surface area contributed by atoms with Crippen molar-refractivity contribution in [3.8, 4) is 11.5 Å². The van der Waals surface area contributed by atoms with Crippen LogP contribution in [0.3, 0.4) is 0 Å².